The number of benzene rings is 2. The molecule has 0 aliphatic rings. The van der Waals surface area contributed by atoms with Crippen LogP contribution in [0.5, 0.6) is 0 Å². The number of nitro benzene ring substituents is 1. The van der Waals surface area contributed by atoms with Gasteiger partial charge in [-0.1, -0.05) is 11.6 Å². The molecule has 0 aliphatic carbocycles. The molecule has 12 heteroatoms. The number of carbonyl (C=O) groups is 2. The van der Waals surface area contributed by atoms with E-state index < -0.39 is 32.9 Å². The number of hydrogen-bond donors (Lipinski definition) is 1. The highest BCUT2D eigenvalue weighted by atomic mass is 35.5. The Morgan fingerprint density at radius 3 is 2.27 bits per heavy atom. The predicted octanol–water partition coefficient (Wildman–Crippen LogP) is 2.68. The van der Waals surface area contributed by atoms with Gasteiger partial charge in [0.25, 0.3) is 11.6 Å². The first-order chi connectivity index (χ1) is 13.9. The molecule has 2 aromatic carbocycles. The van der Waals surface area contributed by atoms with E-state index in [0.717, 1.165) is 10.4 Å². The maximum atomic E-state index is 12.2. The summed E-state index contributed by atoms with van der Waals surface area (Å²) in [4.78, 5) is 34.6. The summed E-state index contributed by atoms with van der Waals surface area (Å²) in [5.41, 5.74) is -0.0636. The molecule has 0 saturated heterocycles. The van der Waals surface area contributed by atoms with E-state index >= 15 is 0 Å². The molecule has 10 nitrogen and oxygen atoms in total. The van der Waals surface area contributed by atoms with E-state index in [1.54, 1.807) is 0 Å². The molecule has 2 rings (SSSR count). The number of nitrogens with one attached hydrogen (secondary N) is 1. The van der Waals surface area contributed by atoms with E-state index in [2.05, 4.69) is 5.32 Å². The van der Waals surface area contributed by atoms with E-state index in [-0.39, 0.29) is 26.9 Å². The number of non-ortho nitro benzene ring substituents is 1. The average molecular weight is 456 g/mol. The number of halogens is 1. The molecule has 1 N–H and O–H groups in total. The van der Waals surface area contributed by atoms with Crippen LogP contribution in [0.15, 0.2) is 47.4 Å². The lowest BCUT2D eigenvalue weighted by molar-refractivity contribution is -0.384. The second-order valence-electron chi connectivity index (χ2n) is 6.27. The first-order valence-electron chi connectivity index (χ1n) is 8.42. The van der Waals surface area contributed by atoms with Gasteiger partial charge in [-0.05, 0) is 37.3 Å². The largest absolute Gasteiger partial charge is 0.449 e. The molecule has 0 heterocycles. The van der Waals surface area contributed by atoms with Crippen LogP contribution in [0.3, 0.4) is 0 Å². The van der Waals surface area contributed by atoms with Crippen molar-refractivity contribution in [2.45, 2.75) is 17.9 Å². The van der Waals surface area contributed by atoms with Crippen molar-refractivity contribution in [3.63, 3.8) is 0 Å². The lowest BCUT2D eigenvalue weighted by Crippen LogP contribution is -2.30. The zero-order valence-electron chi connectivity index (χ0n) is 16.2. The lowest BCUT2D eigenvalue weighted by atomic mass is 10.2. The van der Waals surface area contributed by atoms with E-state index in [1.807, 2.05) is 0 Å². The second kappa shape index (κ2) is 9.20. The predicted molar refractivity (Wildman–Crippen MR) is 109 cm³/mol. The maximum absolute atomic E-state index is 12.2. The van der Waals surface area contributed by atoms with Crippen LogP contribution in [-0.4, -0.2) is 49.7 Å². The molecule has 0 bridgehead atoms. The Balaban J connectivity index is 2.05. The van der Waals surface area contributed by atoms with Crippen molar-refractivity contribution >= 4 is 44.9 Å². The average Bonchev–Trinajstić information content (AvgIpc) is 2.69. The minimum atomic E-state index is -3.64. The minimum absolute atomic E-state index is 0.00246. The Hall–Kier alpha value is -3.02. The van der Waals surface area contributed by atoms with Crippen molar-refractivity contribution in [1.29, 1.82) is 0 Å². The molecular formula is C18H18ClN3O7S. The van der Waals surface area contributed by atoms with Crippen molar-refractivity contribution in [2.75, 3.05) is 19.4 Å². The van der Waals surface area contributed by atoms with Crippen LogP contribution in [0.25, 0.3) is 0 Å². The molecule has 1 atom stereocenters. The van der Waals surface area contributed by atoms with Crippen LogP contribution in [0.4, 0.5) is 11.4 Å². The third kappa shape index (κ3) is 5.32. The zero-order chi connectivity index (χ0) is 22.6. The van der Waals surface area contributed by atoms with Gasteiger partial charge in [-0.25, -0.2) is 17.5 Å². The van der Waals surface area contributed by atoms with Crippen molar-refractivity contribution in [3.8, 4) is 0 Å². The molecule has 0 aliphatic heterocycles. The number of ether oxygens (including phenoxy) is 1. The highest BCUT2D eigenvalue weighted by Crippen LogP contribution is 2.27. The fourth-order valence-electron chi connectivity index (χ4n) is 2.21. The van der Waals surface area contributed by atoms with Crippen LogP contribution in [-0.2, 0) is 19.6 Å². The quantitative estimate of drug-likeness (QED) is 0.385. The first kappa shape index (κ1) is 23.3. The molecule has 0 fully saturated rings. The van der Waals surface area contributed by atoms with Gasteiger partial charge < -0.3 is 10.1 Å². The standard InChI is InChI=1S/C18H18ClN3O7S/c1-11(17(23)20-16-9-6-13(22(25)26)10-15(16)19)29-18(24)12-4-7-14(8-5-12)30(27,28)21(2)3/h4-11H,1-3H3,(H,20,23). The van der Waals surface area contributed by atoms with E-state index in [4.69, 9.17) is 16.3 Å². The van der Waals surface area contributed by atoms with Crippen molar-refractivity contribution in [2.24, 2.45) is 0 Å². The maximum Gasteiger partial charge on any atom is 0.338 e. The third-order valence-electron chi connectivity index (χ3n) is 3.94. The summed E-state index contributed by atoms with van der Waals surface area (Å²) in [7, 11) is -0.873. The van der Waals surface area contributed by atoms with Crippen LogP contribution < -0.4 is 5.32 Å². The molecule has 30 heavy (non-hydrogen) atoms. The highest BCUT2D eigenvalue weighted by Gasteiger charge is 2.22. The first-order valence-corrected chi connectivity index (χ1v) is 10.2. The number of carbonyl (C=O) groups excluding carboxylic acids is 2. The topological polar surface area (TPSA) is 136 Å². The van der Waals surface area contributed by atoms with Crippen molar-refractivity contribution in [1.82, 2.24) is 4.31 Å². The molecule has 1 unspecified atom stereocenters. The van der Waals surface area contributed by atoms with Gasteiger partial charge in [-0.2, -0.15) is 0 Å². The van der Waals surface area contributed by atoms with Crippen molar-refractivity contribution < 1.29 is 27.7 Å². The monoisotopic (exact) mass is 455 g/mol. The fourth-order valence-corrected chi connectivity index (χ4v) is 3.33. The van der Waals surface area contributed by atoms with Gasteiger partial charge in [0, 0.05) is 26.2 Å². The van der Waals surface area contributed by atoms with E-state index in [9.17, 15) is 28.1 Å². The van der Waals surface area contributed by atoms with Crippen LogP contribution in [0, 0.1) is 10.1 Å². The van der Waals surface area contributed by atoms with Gasteiger partial charge in [0.15, 0.2) is 6.10 Å². The Morgan fingerprint density at radius 1 is 1.17 bits per heavy atom. The minimum Gasteiger partial charge on any atom is -0.449 e. The Morgan fingerprint density at radius 2 is 1.77 bits per heavy atom. The molecule has 1 amide bonds. The molecule has 0 spiro atoms. The SMILES string of the molecule is CC(OC(=O)c1ccc(S(=O)(=O)N(C)C)cc1)C(=O)Nc1ccc([N+](=O)[O-])cc1Cl. The summed E-state index contributed by atoms with van der Waals surface area (Å²) >= 11 is 5.92. The van der Waals surface area contributed by atoms with Crippen molar-refractivity contribution in [3.05, 3.63) is 63.2 Å². The fraction of sp³-hybridized carbons (Fsp3) is 0.222. The molecule has 0 radical (unpaired) electrons. The lowest BCUT2D eigenvalue weighted by Gasteiger charge is -2.15. The van der Waals surface area contributed by atoms with Crippen LogP contribution in [0.1, 0.15) is 17.3 Å². The number of sulfonamides is 1. The number of nitrogens with zero attached hydrogens (tertiary/aromatic N) is 2. The summed E-state index contributed by atoms with van der Waals surface area (Å²) < 4.78 is 30.2. The van der Waals surface area contributed by atoms with Gasteiger partial charge in [0.2, 0.25) is 10.0 Å². The third-order valence-corrected chi connectivity index (χ3v) is 6.09. The number of hydrogen-bond acceptors (Lipinski definition) is 7. The van der Waals surface area contributed by atoms with E-state index in [1.165, 1.54) is 57.4 Å². The van der Waals surface area contributed by atoms with E-state index in [0.29, 0.717) is 0 Å². The van der Waals surface area contributed by atoms with Gasteiger partial charge in [-0.3, -0.25) is 14.9 Å². The molecule has 0 saturated carbocycles. The summed E-state index contributed by atoms with van der Waals surface area (Å²) in [6.07, 6.45) is -1.21. The number of amides is 1. The summed E-state index contributed by atoms with van der Waals surface area (Å²) in [5, 5.41) is 13.1. The second-order valence-corrected chi connectivity index (χ2v) is 8.83. The smallest absolute Gasteiger partial charge is 0.338 e. The Bertz CT molecular complexity index is 1090. The van der Waals surface area contributed by atoms with Gasteiger partial charge >= 0.3 is 5.97 Å². The number of esters is 1. The number of nitro groups is 1. The molecule has 2 aromatic rings. The van der Waals surface area contributed by atoms with Gasteiger partial charge in [0.1, 0.15) is 0 Å². The molecule has 160 valence electrons. The zero-order valence-corrected chi connectivity index (χ0v) is 17.7. The summed E-state index contributed by atoms with van der Waals surface area (Å²) in [5.74, 6) is -1.54. The molecule has 0 aromatic heterocycles. The Kier molecular flexibility index (Phi) is 7.13. The Labute approximate surface area is 177 Å². The highest BCUT2D eigenvalue weighted by molar-refractivity contribution is 7.89. The molecular weight excluding hydrogens is 438 g/mol. The summed E-state index contributed by atoms with van der Waals surface area (Å²) in [6.45, 7) is 1.33. The number of rotatable bonds is 7. The van der Waals surface area contributed by atoms with Gasteiger partial charge in [-0.15, -0.1) is 0 Å². The van der Waals surface area contributed by atoms with Crippen LogP contribution >= 0.6 is 11.6 Å². The van der Waals surface area contributed by atoms with Crippen LogP contribution in [0.2, 0.25) is 5.02 Å². The summed E-state index contributed by atoms with van der Waals surface area (Å²) in [6, 6.07) is 8.57. The van der Waals surface area contributed by atoms with Gasteiger partial charge in [0.05, 0.1) is 26.1 Å². The number of anilines is 1. The normalized spacial score (nSPS) is 12.3.